The third-order valence-corrected chi connectivity index (χ3v) is 3.51. The van der Waals surface area contributed by atoms with E-state index in [1.165, 1.54) is 28.4 Å². The maximum absolute atomic E-state index is 3.55. The van der Waals surface area contributed by atoms with Crippen LogP contribution < -0.4 is 5.32 Å². The van der Waals surface area contributed by atoms with Crippen molar-refractivity contribution in [2.24, 2.45) is 0 Å². The molecule has 0 saturated carbocycles. The molecule has 0 aromatic heterocycles. The zero-order valence-corrected chi connectivity index (χ0v) is 11.8. The Balaban J connectivity index is 2.07. The van der Waals surface area contributed by atoms with Crippen molar-refractivity contribution in [2.45, 2.75) is 19.8 Å². The summed E-state index contributed by atoms with van der Waals surface area (Å²) in [6, 6.07) is 23.5. The molecule has 0 unspecified atom stereocenters. The van der Waals surface area contributed by atoms with Crippen LogP contribution in [0.15, 0.2) is 66.7 Å². The first-order chi connectivity index (χ1) is 9.86. The van der Waals surface area contributed by atoms with E-state index in [2.05, 4.69) is 72.9 Å². The molecular weight excluding hydrogens is 242 g/mol. The van der Waals surface area contributed by atoms with Crippen molar-refractivity contribution in [3.8, 4) is 0 Å². The van der Waals surface area contributed by atoms with Gasteiger partial charge >= 0.3 is 0 Å². The number of anilines is 2. The maximum atomic E-state index is 3.55. The highest BCUT2D eigenvalue weighted by molar-refractivity contribution is 5.96. The number of hydrogen-bond acceptors (Lipinski definition) is 1. The summed E-state index contributed by atoms with van der Waals surface area (Å²) in [4.78, 5) is 0. The van der Waals surface area contributed by atoms with Crippen molar-refractivity contribution >= 4 is 22.1 Å². The van der Waals surface area contributed by atoms with Crippen LogP contribution in [-0.2, 0) is 6.42 Å². The number of nitrogens with one attached hydrogen (secondary N) is 1. The number of aryl methyl sites for hydroxylation is 1. The number of benzene rings is 3. The zero-order valence-electron chi connectivity index (χ0n) is 11.8. The number of rotatable bonds is 4. The summed E-state index contributed by atoms with van der Waals surface area (Å²) in [6.07, 6.45) is 2.29. The maximum Gasteiger partial charge on any atom is 0.0466 e. The van der Waals surface area contributed by atoms with Crippen LogP contribution in [0.5, 0.6) is 0 Å². The molecule has 0 aliphatic heterocycles. The summed E-state index contributed by atoms with van der Waals surface area (Å²) in [5, 5.41) is 6.12. The molecule has 0 atom stereocenters. The second-order valence-corrected chi connectivity index (χ2v) is 5.11. The molecule has 0 fully saturated rings. The Hall–Kier alpha value is -2.28. The monoisotopic (exact) mass is 261 g/mol. The minimum absolute atomic E-state index is 1.12. The van der Waals surface area contributed by atoms with E-state index in [9.17, 15) is 0 Å². The summed E-state index contributed by atoms with van der Waals surface area (Å²) in [5.41, 5.74) is 3.72. The Morgan fingerprint density at radius 3 is 2.40 bits per heavy atom. The van der Waals surface area contributed by atoms with E-state index >= 15 is 0 Å². The largest absolute Gasteiger partial charge is 0.355 e. The summed E-state index contributed by atoms with van der Waals surface area (Å²) >= 11 is 0. The lowest BCUT2D eigenvalue weighted by Crippen LogP contribution is -1.94. The molecule has 1 N–H and O–H groups in total. The molecule has 20 heavy (non-hydrogen) atoms. The van der Waals surface area contributed by atoms with Gasteiger partial charge in [0.2, 0.25) is 0 Å². The van der Waals surface area contributed by atoms with Gasteiger partial charge in [0.15, 0.2) is 0 Å². The molecule has 0 bridgehead atoms. The van der Waals surface area contributed by atoms with Crippen molar-refractivity contribution in [3.05, 3.63) is 72.3 Å². The van der Waals surface area contributed by atoms with Crippen LogP contribution in [0, 0.1) is 0 Å². The molecule has 0 aliphatic carbocycles. The topological polar surface area (TPSA) is 12.0 Å². The van der Waals surface area contributed by atoms with Crippen LogP contribution in [0.3, 0.4) is 0 Å². The summed E-state index contributed by atoms with van der Waals surface area (Å²) in [7, 11) is 0. The lowest BCUT2D eigenvalue weighted by Gasteiger charge is -2.12. The van der Waals surface area contributed by atoms with Gasteiger partial charge in [0.05, 0.1) is 0 Å². The average molecular weight is 261 g/mol. The third-order valence-electron chi connectivity index (χ3n) is 3.51. The second-order valence-electron chi connectivity index (χ2n) is 5.11. The van der Waals surface area contributed by atoms with E-state index in [-0.39, 0.29) is 0 Å². The van der Waals surface area contributed by atoms with Gasteiger partial charge in [-0.3, -0.25) is 0 Å². The van der Waals surface area contributed by atoms with E-state index < -0.39 is 0 Å². The standard InChI is InChI=1S/C19H19N/c1-2-8-15-13-16-9-6-7-12-18(16)19(14-15)20-17-10-4-3-5-11-17/h3-7,9-14,20H,2,8H2,1H3. The van der Waals surface area contributed by atoms with Gasteiger partial charge in [0.25, 0.3) is 0 Å². The molecule has 1 heteroatoms. The van der Waals surface area contributed by atoms with E-state index in [0.29, 0.717) is 0 Å². The normalized spacial score (nSPS) is 10.7. The van der Waals surface area contributed by atoms with E-state index in [1.54, 1.807) is 0 Å². The third kappa shape index (κ3) is 2.67. The lowest BCUT2D eigenvalue weighted by atomic mass is 10.0. The van der Waals surface area contributed by atoms with Crippen LogP contribution >= 0.6 is 0 Å². The molecule has 1 nitrogen and oxygen atoms in total. The first kappa shape index (κ1) is 12.7. The predicted molar refractivity (Wildman–Crippen MR) is 87.7 cm³/mol. The Labute approximate surface area is 120 Å². The minimum atomic E-state index is 1.12. The highest BCUT2D eigenvalue weighted by atomic mass is 14.9. The SMILES string of the molecule is CCCc1cc(Nc2ccccc2)c2ccccc2c1. The highest BCUT2D eigenvalue weighted by Crippen LogP contribution is 2.28. The number of fused-ring (bicyclic) bond motifs is 1. The summed E-state index contributed by atoms with van der Waals surface area (Å²) in [5.74, 6) is 0. The van der Waals surface area contributed by atoms with Crippen LogP contribution in [0.4, 0.5) is 11.4 Å². The average Bonchev–Trinajstić information content (AvgIpc) is 2.49. The molecule has 3 aromatic carbocycles. The van der Waals surface area contributed by atoms with Gasteiger partial charge in [-0.15, -0.1) is 0 Å². The van der Waals surface area contributed by atoms with Crippen molar-refractivity contribution in [1.29, 1.82) is 0 Å². The molecule has 0 aliphatic rings. The molecule has 3 aromatic rings. The van der Waals surface area contributed by atoms with Crippen molar-refractivity contribution in [2.75, 3.05) is 5.32 Å². The van der Waals surface area contributed by atoms with Gasteiger partial charge in [-0.2, -0.15) is 0 Å². The fourth-order valence-corrected chi connectivity index (χ4v) is 2.59. The highest BCUT2D eigenvalue weighted by Gasteiger charge is 2.04. The molecule has 0 spiro atoms. The number of para-hydroxylation sites is 1. The molecule has 100 valence electrons. The van der Waals surface area contributed by atoms with Crippen molar-refractivity contribution in [1.82, 2.24) is 0 Å². The quantitative estimate of drug-likeness (QED) is 0.650. The fourth-order valence-electron chi connectivity index (χ4n) is 2.59. The fraction of sp³-hybridized carbons (Fsp3) is 0.158. The Morgan fingerprint density at radius 2 is 1.60 bits per heavy atom. The van der Waals surface area contributed by atoms with E-state index in [4.69, 9.17) is 0 Å². The zero-order chi connectivity index (χ0) is 13.8. The molecular formula is C19H19N. The van der Waals surface area contributed by atoms with Gasteiger partial charge in [-0.25, -0.2) is 0 Å². The van der Waals surface area contributed by atoms with Gasteiger partial charge in [-0.05, 0) is 35.6 Å². The van der Waals surface area contributed by atoms with Crippen LogP contribution in [0.25, 0.3) is 10.8 Å². The minimum Gasteiger partial charge on any atom is -0.355 e. The number of hydrogen-bond donors (Lipinski definition) is 1. The Bertz CT molecular complexity index is 701. The van der Waals surface area contributed by atoms with E-state index in [0.717, 1.165) is 12.1 Å². The lowest BCUT2D eigenvalue weighted by molar-refractivity contribution is 0.924. The second kappa shape index (κ2) is 5.79. The van der Waals surface area contributed by atoms with Gasteiger partial charge in [-0.1, -0.05) is 61.9 Å². The molecule has 0 saturated heterocycles. The van der Waals surface area contributed by atoms with Crippen molar-refractivity contribution < 1.29 is 0 Å². The molecule has 0 heterocycles. The molecule has 0 amide bonds. The van der Waals surface area contributed by atoms with Gasteiger partial charge in [0.1, 0.15) is 0 Å². The van der Waals surface area contributed by atoms with Crippen LogP contribution in [0.1, 0.15) is 18.9 Å². The smallest absolute Gasteiger partial charge is 0.0466 e. The summed E-state index contributed by atoms with van der Waals surface area (Å²) < 4.78 is 0. The summed E-state index contributed by atoms with van der Waals surface area (Å²) in [6.45, 7) is 2.22. The first-order valence-electron chi connectivity index (χ1n) is 7.20. The Kier molecular flexibility index (Phi) is 3.69. The molecule has 0 radical (unpaired) electrons. The van der Waals surface area contributed by atoms with Crippen LogP contribution in [0.2, 0.25) is 0 Å². The first-order valence-corrected chi connectivity index (χ1v) is 7.20. The Morgan fingerprint density at radius 1 is 0.850 bits per heavy atom. The van der Waals surface area contributed by atoms with Crippen LogP contribution in [-0.4, -0.2) is 0 Å². The van der Waals surface area contributed by atoms with E-state index in [1.807, 2.05) is 6.07 Å². The predicted octanol–water partition coefficient (Wildman–Crippen LogP) is 5.54. The molecule has 3 rings (SSSR count). The van der Waals surface area contributed by atoms with Gasteiger partial charge in [0, 0.05) is 16.8 Å². The van der Waals surface area contributed by atoms with Gasteiger partial charge < -0.3 is 5.32 Å². The van der Waals surface area contributed by atoms with Crippen molar-refractivity contribution in [3.63, 3.8) is 0 Å².